The lowest BCUT2D eigenvalue weighted by Gasteiger charge is -2.21. The molecular formula is C30H35NO7S. The molecule has 0 saturated carbocycles. The SMILES string of the molecule is Cc1c(C)c(-c2cccc(COc3cc4c(cn3)[C@@H](CC(=O)O)CO4)c2)c(C)c(C)c1OCCCS(C)(=O)=O. The molecule has 1 N–H and O–H groups in total. The number of carboxylic acids is 1. The molecule has 0 bridgehead atoms. The Morgan fingerprint density at radius 3 is 2.46 bits per heavy atom. The zero-order valence-corrected chi connectivity index (χ0v) is 23.9. The molecular weight excluding hydrogens is 518 g/mol. The van der Waals surface area contributed by atoms with E-state index in [1.165, 1.54) is 6.26 Å². The number of hydrogen-bond acceptors (Lipinski definition) is 7. The summed E-state index contributed by atoms with van der Waals surface area (Å²) in [6.45, 7) is 9.22. The largest absolute Gasteiger partial charge is 0.493 e. The molecule has 0 radical (unpaired) electrons. The number of pyridine rings is 1. The molecule has 1 aliphatic rings. The van der Waals surface area contributed by atoms with Gasteiger partial charge in [-0.1, -0.05) is 18.2 Å². The lowest BCUT2D eigenvalue weighted by Crippen LogP contribution is -2.10. The lowest BCUT2D eigenvalue weighted by atomic mass is 9.88. The van der Waals surface area contributed by atoms with Crippen molar-refractivity contribution in [2.75, 3.05) is 25.2 Å². The van der Waals surface area contributed by atoms with E-state index in [0.717, 1.165) is 50.3 Å². The molecule has 8 nitrogen and oxygen atoms in total. The minimum atomic E-state index is -3.01. The molecule has 0 fully saturated rings. The van der Waals surface area contributed by atoms with Crippen molar-refractivity contribution in [1.82, 2.24) is 4.98 Å². The number of benzene rings is 2. The van der Waals surface area contributed by atoms with Gasteiger partial charge in [0.05, 0.1) is 25.4 Å². The first-order chi connectivity index (χ1) is 18.4. The number of carboxylic acid groups (broad SMARTS) is 1. The first-order valence-electron chi connectivity index (χ1n) is 12.9. The highest BCUT2D eigenvalue weighted by atomic mass is 32.2. The van der Waals surface area contributed by atoms with Crippen molar-refractivity contribution >= 4 is 15.8 Å². The predicted molar refractivity (Wildman–Crippen MR) is 150 cm³/mol. The van der Waals surface area contributed by atoms with Crippen LogP contribution in [-0.4, -0.2) is 49.7 Å². The quantitative estimate of drug-likeness (QED) is 0.317. The Balaban J connectivity index is 1.49. The van der Waals surface area contributed by atoms with Crippen molar-refractivity contribution in [2.24, 2.45) is 0 Å². The van der Waals surface area contributed by atoms with E-state index >= 15 is 0 Å². The Hall–Kier alpha value is -3.59. The van der Waals surface area contributed by atoms with Crippen molar-refractivity contribution in [1.29, 1.82) is 0 Å². The number of ether oxygens (including phenoxy) is 3. The highest BCUT2D eigenvalue weighted by Gasteiger charge is 2.27. The van der Waals surface area contributed by atoms with Gasteiger partial charge < -0.3 is 19.3 Å². The van der Waals surface area contributed by atoms with Gasteiger partial charge in [-0.2, -0.15) is 0 Å². The van der Waals surface area contributed by atoms with Crippen LogP contribution in [0.2, 0.25) is 0 Å². The predicted octanol–water partition coefficient (Wildman–Crippen LogP) is 5.33. The molecule has 1 aliphatic heterocycles. The number of rotatable bonds is 11. The van der Waals surface area contributed by atoms with E-state index in [0.29, 0.717) is 37.9 Å². The second-order valence-electron chi connectivity index (χ2n) is 10.2. The Bertz CT molecular complexity index is 1470. The molecule has 39 heavy (non-hydrogen) atoms. The number of carbonyl (C=O) groups is 1. The van der Waals surface area contributed by atoms with E-state index < -0.39 is 15.8 Å². The molecule has 208 valence electrons. The summed E-state index contributed by atoms with van der Waals surface area (Å²) in [6.07, 6.45) is 3.34. The summed E-state index contributed by atoms with van der Waals surface area (Å²) < 4.78 is 40.6. The second-order valence-corrected chi connectivity index (χ2v) is 12.5. The highest BCUT2D eigenvalue weighted by Crippen LogP contribution is 2.39. The van der Waals surface area contributed by atoms with Crippen LogP contribution in [0, 0.1) is 27.7 Å². The van der Waals surface area contributed by atoms with Gasteiger partial charge in [0.15, 0.2) is 0 Å². The Labute approximate surface area is 229 Å². The zero-order valence-electron chi connectivity index (χ0n) is 23.0. The minimum absolute atomic E-state index is 0.00967. The fraction of sp³-hybridized carbons (Fsp3) is 0.400. The third kappa shape index (κ3) is 6.71. The van der Waals surface area contributed by atoms with Gasteiger partial charge in [-0.25, -0.2) is 13.4 Å². The number of nitrogens with zero attached hydrogens (tertiary/aromatic N) is 1. The maximum atomic E-state index is 11.4. The molecule has 3 aromatic rings. The van der Waals surface area contributed by atoms with Crippen molar-refractivity contribution < 1.29 is 32.5 Å². The summed E-state index contributed by atoms with van der Waals surface area (Å²) in [7, 11) is -3.01. The molecule has 2 aromatic carbocycles. The Kier molecular flexibility index (Phi) is 8.49. The number of aromatic nitrogens is 1. The van der Waals surface area contributed by atoms with Crippen LogP contribution in [0.1, 0.15) is 52.1 Å². The van der Waals surface area contributed by atoms with Gasteiger partial charge in [-0.3, -0.25) is 4.79 Å². The van der Waals surface area contributed by atoms with Crippen LogP contribution >= 0.6 is 0 Å². The van der Waals surface area contributed by atoms with Gasteiger partial charge in [0.2, 0.25) is 5.88 Å². The number of sulfone groups is 1. The van der Waals surface area contributed by atoms with E-state index in [-0.39, 0.29) is 18.1 Å². The van der Waals surface area contributed by atoms with Crippen LogP contribution in [0.4, 0.5) is 0 Å². The van der Waals surface area contributed by atoms with Crippen molar-refractivity contribution in [3.8, 4) is 28.5 Å². The summed E-state index contributed by atoms with van der Waals surface area (Å²) >= 11 is 0. The van der Waals surface area contributed by atoms with Crippen LogP contribution in [0.3, 0.4) is 0 Å². The third-order valence-corrected chi connectivity index (χ3v) is 8.27. The molecule has 4 rings (SSSR count). The summed E-state index contributed by atoms with van der Waals surface area (Å²) in [5, 5.41) is 9.09. The molecule has 0 aliphatic carbocycles. The van der Waals surface area contributed by atoms with E-state index in [4.69, 9.17) is 19.3 Å². The van der Waals surface area contributed by atoms with Crippen molar-refractivity contribution in [3.05, 3.63) is 69.9 Å². The molecule has 0 saturated heterocycles. The summed E-state index contributed by atoms with van der Waals surface area (Å²) in [6, 6.07) is 9.90. The van der Waals surface area contributed by atoms with Gasteiger partial charge in [0.25, 0.3) is 0 Å². The van der Waals surface area contributed by atoms with Crippen LogP contribution < -0.4 is 14.2 Å². The third-order valence-electron chi connectivity index (χ3n) is 7.24. The van der Waals surface area contributed by atoms with Gasteiger partial charge in [-0.05, 0) is 79.1 Å². The minimum Gasteiger partial charge on any atom is -0.493 e. The van der Waals surface area contributed by atoms with E-state index in [1.54, 1.807) is 12.3 Å². The standard InChI is InChI=1S/C30H35NO7S/c1-18-20(3)30(36-10-7-11-39(5,34)35)21(4)19(2)29(18)23-9-6-8-22(12-23)16-38-27-14-26-25(15-31-27)24(17-37-26)13-28(32)33/h6,8-9,12,14-15,24H,7,10-11,13,16-17H2,1-5H3,(H,32,33)/t24-/m0/s1. The summed E-state index contributed by atoms with van der Waals surface area (Å²) in [4.78, 5) is 15.4. The topological polar surface area (TPSA) is 112 Å². The smallest absolute Gasteiger partial charge is 0.304 e. The average molecular weight is 554 g/mol. The van der Waals surface area contributed by atoms with E-state index in [2.05, 4.69) is 31.0 Å². The zero-order chi connectivity index (χ0) is 28.3. The number of fused-ring (bicyclic) bond motifs is 1. The molecule has 1 aromatic heterocycles. The monoisotopic (exact) mass is 553 g/mol. The van der Waals surface area contributed by atoms with Crippen LogP contribution in [-0.2, 0) is 21.2 Å². The van der Waals surface area contributed by atoms with Crippen molar-refractivity contribution in [3.63, 3.8) is 0 Å². The summed E-state index contributed by atoms with van der Waals surface area (Å²) in [5.74, 6) is 0.909. The number of aliphatic carboxylic acids is 1. The van der Waals surface area contributed by atoms with Gasteiger partial charge in [0.1, 0.15) is 27.9 Å². The van der Waals surface area contributed by atoms with E-state index in [1.807, 2.05) is 26.0 Å². The fourth-order valence-electron chi connectivity index (χ4n) is 5.00. The van der Waals surface area contributed by atoms with E-state index in [9.17, 15) is 13.2 Å². The first kappa shape index (κ1) is 28.4. The van der Waals surface area contributed by atoms with Crippen LogP contribution in [0.25, 0.3) is 11.1 Å². The molecule has 0 spiro atoms. The Morgan fingerprint density at radius 1 is 1.08 bits per heavy atom. The Morgan fingerprint density at radius 2 is 1.79 bits per heavy atom. The molecule has 0 amide bonds. The maximum absolute atomic E-state index is 11.4. The lowest BCUT2D eigenvalue weighted by molar-refractivity contribution is -0.137. The van der Waals surface area contributed by atoms with Gasteiger partial charge >= 0.3 is 5.97 Å². The second kappa shape index (κ2) is 11.7. The average Bonchev–Trinajstić information content (AvgIpc) is 3.27. The maximum Gasteiger partial charge on any atom is 0.304 e. The van der Waals surface area contributed by atoms with Gasteiger partial charge in [0, 0.05) is 30.0 Å². The molecule has 0 unspecified atom stereocenters. The molecule has 9 heteroatoms. The first-order valence-corrected chi connectivity index (χ1v) is 15.0. The normalized spacial score (nSPS) is 14.5. The molecule has 2 heterocycles. The fourth-order valence-corrected chi connectivity index (χ4v) is 5.64. The van der Waals surface area contributed by atoms with Crippen LogP contribution in [0.15, 0.2) is 36.5 Å². The summed E-state index contributed by atoms with van der Waals surface area (Å²) in [5.41, 5.74) is 8.30. The highest BCUT2D eigenvalue weighted by molar-refractivity contribution is 7.90. The van der Waals surface area contributed by atoms with Gasteiger partial charge in [-0.15, -0.1) is 0 Å². The number of hydrogen-bond donors (Lipinski definition) is 1. The molecule has 1 atom stereocenters. The van der Waals surface area contributed by atoms with Crippen LogP contribution in [0.5, 0.6) is 17.4 Å². The van der Waals surface area contributed by atoms with Crippen molar-refractivity contribution in [2.45, 2.75) is 53.1 Å².